The Hall–Kier alpha value is -2.90. The Bertz CT molecular complexity index is 691. The van der Waals surface area contributed by atoms with Crippen LogP contribution in [0.25, 0.3) is 0 Å². The van der Waals surface area contributed by atoms with Crippen LogP contribution in [-0.4, -0.2) is 27.0 Å². The van der Waals surface area contributed by atoms with Gasteiger partial charge in [0.15, 0.2) is 11.5 Å². The van der Waals surface area contributed by atoms with Gasteiger partial charge in [-0.3, -0.25) is 4.79 Å². The maximum atomic E-state index is 13.3. The number of rotatable bonds is 3. The van der Waals surface area contributed by atoms with Crippen molar-refractivity contribution in [2.75, 3.05) is 5.32 Å². The molecule has 0 saturated heterocycles. The molecule has 0 saturated carbocycles. The lowest BCUT2D eigenvalue weighted by Gasteiger charge is -2.06. The SMILES string of the molecule is O=C(O)c1cccc(NC(=O)c2ccnc(F)c2F)n1. The first-order valence-electron chi connectivity index (χ1n) is 5.30. The quantitative estimate of drug-likeness (QED) is 0.834. The normalized spacial score (nSPS) is 10.1. The summed E-state index contributed by atoms with van der Waals surface area (Å²) in [5.74, 6) is -5.11. The third kappa shape index (κ3) is 2.74. The molecule has 0 aliphatic heterocycles. The van der Waals surface area contributed by atoms with Crippen LogP contribution >= 0.6 is 0 Å². The number of carboxylic acids is 1. The molecule has 2 rings (SSSR count). The van der Waals surface area contributed by atoms with E-state index in [1.54, 1.807) is 0 Å². The largest absolute Gasteiger partial charge is 0.477 e. The fourth-order valence-corrected chi connectivity index (χ4v) is 1.40. The number of carbonyl (C=O) groups is 2. The molecule has 0 fully saturated rings. The molecule has 8 heteroatoms. The Labute approximate surface area is 111 Å². The minimum Gasteiger partial charge on any atom is -0.477 e. The number of nitrogens with zero attached hydrogens (tertiary/aromatic N) is 2. The van der Waals surface area contributed by atoms with E-state index in [2.05, 4.69) is 15.3 Å². The minimum absolute atomic E-state index is 0.0912. The molecule has 0 aliphatic carbocycles. The van der Waals surface area contributed by atoms with E-state index < -0.39 is 29.2 Å². The van der Waals surface area contributed by atoms with Gasteiger partial charge in [0.05, 0.1) is 5.56 Å². The summed E-state index contributed by atoms with van der Waals surface area (Å²) in [5, 5.41) is 10.9. The molecule has 0 aromatic carbocycles. The van der Waals surface area contributed by atoms with Gasteiger partial charge in [0, 0.05) is 6.20 Å². The predicted octanol–water partition coefficient (Wildman–Crippen LogP) is 1.71. The summed E-state index contributed by atoms with van der Waals surface area (Å²) < 4.78 is 26.2. The first-order valence-corrected chi connectivity index (χ1v) is 5.30. The molecule has 2 aromatic heterocycles. The van der Waals surface area contributed by atoms with Crippen LogP contribution in [0.1, 0.15) is 20.8 Å². The zero-order chi connectivity index (χ0) is 14.7. The highest BCUT2D eigenvalue weighted by atomic mass is 19.2. The highest BCUT2D eigenvalue weighted by Crippen LogP contribution is 2.12. The second kappa shape index (κ2) is 5.39. The number of pyridine rings is 2. The van der Waals surface area contributed by atoms with Gasteiger partial charge in [0.2, 0.25) is 5.95 Å². The van der Waals surface area contributed by atoms with Gasteiger partial charge in [-0.25, -0.2) is 19.2 Å². The van der Waals surface area contributed by atoms with Crippen molar-refractivity contribution in [1.82, 2.24) is 9.97 Å². The number of halogens is 2. The van der Waals surface area contributed by atoms with E-state index in [1.165, 1.54) is 18.2 Å². The number of aromatic carboxylic acids is 1. The molecule has 102 valence electrons. The number of amides is 1. The number of hydrogen-bond donors (Lipinski definition) is 2. The number of carbonyl (C=O) groups excluding carboxylic acids is 1. The van der Waals surface area contributed by atoms with Crippen molar-refractivity contribution >= 4 is 17.7 Å². The summed E-state index contributed by atoms with van der Waals surface area (Å²) >= 11 is 0. The minimum atomic E-state index is -1.40. The lowest BCUT2D eigenvalue weighted by Crippen LogP contribution is -2.16. The number of nitrogens with one attached hydrogen (secondary N) is 1. The van der Waals surface area contributed by atoms with E-state index in [1.807, 2.05) is 0 Å². The molecule has 2 heterocycles. The van der Waals surface area contributed by atoms with Crippen LogP contribution in [-0.2, 0) is 0 Å². The summed E-state index contributed by atoms with van der Waals surface area (Å²) in [4.78, 5) is 29.1. The molecule has 0 unspecified atom stereocenters. The van der Waals surface area contributed by atoms with Crippen molar-refractivity contribution in [3.05, 3.63) is 53.5 Å². The van der Waals surface area contributed by atoms with E-state index in [-0.39, 0.29) is 11.5 Å². The van der Waals surface area contributed by atoms with Crippen molar-refractivity contribution in [3.8, 4) is 0 Å². The van der Waals surface area contributed by atoms with Crippen molar-refractivity contribution in [2.24, 2.45) is 0 Å². The number of aromatic nitrogens is 2. The monoisotopic (exact) mass is 279 g/mol. The molecule has 0 spiro atoms. The van der Waals surface area contributed by atoms with Crippen LogP contribution < -0.4 is 5.32 Å². The van der Waals surface area contributed by atoms with Crippen LogP contribution in [0, 0.1) is 11.8 Å². The second-order valence-electron chi connectivity index (χ2n) is 3.63. The fourth-order valence-electron chi connectivity index (χ4n) is 1.40. The fraction of sp³-hybridized carbons (Fsp3) is 0. The molecule has 20 heavy (non-hydrogen) atoms. The first kappa shape index (κ1) is 13.5. The Balaban J connectivity index is 2.26. The van der Waals surface area contributed by atoms with Crippen LogP contribution in [0.3, 0.4) is 0 Å². The zero-order valence-electron chi connectivity index (χ0n) is 9.80. The van der Waals surface area contributed by atoms with Gasteiger partial charge < -0.3 is 10.4 Å². The van der Waals surface area contributed by atoms with E-state index in [9.17, 15) is 18.4 Å². The van der Waals surface area contributed by atoms with Gasteiger partial charge in [-0.2, -0.15) is 4.39 Å². The van der Waals surface area contributed by atoms with Gasteiger partial charge in [-0.05, 0) is 18.2 Å². The maximum Gasteiger partial charge on any atom is 0.354 e. The molecule has 0 radical (unpaired) electrons. The highest BCUT2D eigenvalue weighted by molar-refractivity contribution is 6.04. The molecule has 0 aliphatic rings. The average Bonchev–Trinajstić information content (AvgIpc) is 2.42. The van der Waals surface area contributed by atoms with E-state index in [0.717, 1.165) is 12.3 Å². The summed E-state index contributed by atoms with van der Waals surface area (Å²) in [5.41, 5.74) is -0.843. The smallest absolute Gasteiger partial charge is 0.354 e. The number of anilines is 1. The van der Waals surface area contributed by atoms with Crippen LogP contribution in [0.4, 0.5) is 14.6 Å². The predicted molar refractivity (Wildman–Crippen MR) is 63.3 cm³/mol. The molecule has 0 bridgehead atoms. The highest BCUT2D eigenvalue weighted by Gasteiger charge is 2.17. The lowest BCUT2D eigenvalue weighted by molar-refractivity contribution is 0.0690. The lowest BCUT2D eigenvalue weighted by atomic mass is 10.2. The van der Waals surface area contributed by atoms with Gasteiger partial charge in [-0.1, -0.05) is 6.07 Å². The van der Waals surface area contributed by atoms with E-state index in [0.29, 0.717) is 0 Å². The molecular formula is C12H7F2N3O3. The maximum absolute atomic E-state index is 13.3. The van der Waals surface area contributed by atoms with Crippen molar-refractivity contribution in [2.45, 2.75) is 0 Å². The number of hydrogen-bond acceptors (Lipinski definition) is 4. The summed E-state index contributed by atoms with van der Waals surface area (Å²) in [7, 11) is 0. The Morgan fingerprint density at radius 1 is 1.20 bits per heavy atom. The topological polar surface area (TPSA) is 92.2 Å². The molecule has 2 aromatic rings. The van der Waals surface area contributed by atoms with Gasteiger partial charge >= 0.3 is 5.97 Å². The van der Waals surface area contributed by atoms with Crippen molar-refractivity contribution in [3.63, 3.8) is 0 Å². The van der Waals surface area contributed by atoms with E-state index >= 15 is 0 Å². The molecular weight excluding hydrogens is 272 g/mol. The first-order chi connectivity index (χ1) is 9.49. The summed E-state index contributed by atoms with van der Waals surface area (Å²) in [6.45, 7) is 0. The van der Waals surface area contributed by atoms with Gasteiger partial charge in [0.25, 0.3) is 5.91 Å². The Kier molecular flexibility index (Phi) is 3.65. The Morgan fingerprint density at radius 2 is 1.95 bits per heavy atom. The van der Waals surface area contributed by atoms with Crippen LogP contribution in [0.5, 0.6) is 0 Å². The second-order valence-corrected chi connectivity index (χ2v) is 3.63. The van der Waals surface area contributed by atoms with E-state index in [4.69, 9.17) is 5.11 Å². The summed E-state index contributed by atoms with van der Waals surface area (Å²) in [6.07, 6.45) is 0.939. The number of carboxylic acid groups (broad SMARTS) is 1. The average molecular weight is 279 g/mol. The Morgan fingerprint density at radius 3 is 2.65 bits per heavy atom. The van der Waals surface area contributed by atoms with Crippen LogP contribution in [0.15, 0.2) is 30.5 Å². The molecule has 1 amide bonds. The molecule has 6 nitrogen and oxygen atoms in total. The zero-order valence-corrected chi connectivity index (χ0v) is 9.80. The van der Waals surface area contributed by atoms with Crippen LogP contribution in [0.2, 0.25) is 0 Å². The molecule has 0 atom stereocenters. The molecule has 2 N–H and O–H groups in total. The summed E-state index contributed by atoms with van der Waals surface area (Å²) in [6, 6.07) is 4.90. The van der Waals surface area contributed by atoms with Crippen molar-refractivity contribution < 1.29 is 23.5 Å². The third-order valence-electron chi connectivity index (χ3n) is 2.30. The van der Waals surface area contributed by atoms with Gasteiger partial charge in [-0.15, -0.1) is 0 Å². The van der Waals surface area contributed by atoms with Crippen molar-refractivity contribution in [1.29, 1.82) is 0 Å². The third-order valence-corrected chi connectivity index (χ3v) is 2.30. The standard InChI is InChI=1S/C12H7F2N3O3/c13-9-6(4-5-15-10(9)14)11(18)17-8-3-1-2-7(16-8)12(19)20/h1-5H,(H,19,20)(H,16,17,18). The van der Waals surface area contributed by atoms with Gasteiger partial charge in [0.1, 0.15) is 5.82 Å².